The SMILES string of the molecule is COc1ccc2c3c(n(C)c2c1)[C@@H](CO)NCC31CCN(Cc2cc(-c3ccccc3)on2)CC1. The van der Waals surface area contributed by atoms with E-state index < -0.39 is 0 Å². The van der Waals surface area contributed by atoms with Gasteiger partial charge in [-0.15, -0.1) is 0 Å². The summed E-state index contributed by atoms with van der Waals surface area (Å²) in [7, 11) is 3.81. The first kappa shape index (κ1) is 22.3. The number of nitrogens with zero attached hydrogens (tertiary/aromatic N) is 3. The van der Waals surface area contributed by atoms with Crippen LogP contribution < -0.4 is 10.1 Å². The lowest BCUT2D eigenvalue weighted by atomic mass is 9.69. The molecule has 2 aliphatic rings. The smallest absolute Gasteiger partial charge is 0.167 e. The molecule has 2 aromatic heterocycles. The van der Waals surface area contributed by atoms with E-state index in [9.17, 15) is 5.11 Å². The van der Waals surface area contributed by atoms with Crippen molar-refractivity contribution in [1.29, 1.82) is 0 Å². The predicted octanol–water partition coefficient (Wildman–Crippen LogP) is 4.01. The highest BCUT2D eigenvalue weighted by molar-refractivity contribution is 5.88. The average molecular weight is 473 g/mol. The molecule has 2 aliphatic heterocycles. The van der Waals surface area contributed by atoms with Gasteiger partial charge in [-0.25, -0.2) is 0 Å². The third-order valence-electron chi connectivity index (χ3n) is 8.00. The molecule has 0 aliphatic carbocycles. The number of benzene rings is 2. The number of aliphatic hydroxyl groups is 1. The van der Waals surface area contributed by atoms with Gasteiger partial charge < -0.3 is 24.3 Å². The normalized spacial score (nSPS) is 19.8. The van der Waals surface area contributed by atoms with Gasteiger partial charge >= 0.3 is 0 Å². The number of aryl methyl sites for hydroxylation is 1. The third-order valence-corrected chi connectivity index (χ3v) is 8.00. The lowest BCUT2D eigenvalue weighted by Crippen LogP contribution is -2.52. The molecule has 2 N–H and O–H groups in total. The van der Waals surface area contributed by atoms with E-state index in [1.807, 2.05) is 30.3 Å². The van der Waals surface area contributed by atoms with Gasteiger partial charge in [0.1, 0.15) is 5.75 Å². The molecule has 182 valence electrons. The van der Waals surface area contributed by atoms with Crippen LogP contribution >= 0.6 is 0 Å². The number of likely N-dealkylation sites (tertiary alicyclic amines) is 1. The van der Waals surface area contributed by atoms with Crippen molar-refractivity contribution >= 4 is 10.9 Å². The number of nitrogens with one attached hydrogen (secondary N) is 1. The minimum Gasteiger partial charge on any atom is -0.497 e. The highest BCUT2D eigenvalue weighted by Crippen LogP contribution is 2.47. The van der Waals surface area contributed by atoms with Gasteiger partial charge in [0, 0.05) is 54.3 Å². The van der Waals surface area contributed by atoms with Gasteiger partial charge in [0.2, 0.25) is 0 Å². The molecular weight excluding hydrogens is 440 g/mol. The predicted molar refractivity (Wildman–Crippen MR) is 135 cm³/mol. The lowest BCUT2D eigenvalue weighted by molar-refractivity contribution is 0.129. The fourth-order valence-electron chi connectivity index (χ4n) is 6.10. The number of methoxy groups -OCH3 is 1. The minimum atomic E-state index is -0.0522. The summed E-state index contributed by atoms with van der Waals surface area (Å²) in [6, 6.07) is 18.5. The second kappa shape index (κ2) is 8.82. The Balaban J connectivity index is 1.26. The van der Waals surface area contributed by atoms with Crippen LogP contribution in [-0.2, 0) is 19.0 Å². The molecule has 7 nitrogen and oxygen atoms in total. The number of hydrogen-bond acceptors (Lipinski definition) is 6. The van der Waals surface area contributed by atoms with Crippen LogP contribution in [0.25, 0.3) is 22.2 Å². The minimum absolute atomic E-state index is 0.0463. The summed E-state index contributed by atoms with van der Waals surface area (Å²) in [5, 5.41) is 19.4. The Bertz CT molecular complexity index is 1340. The van der Waals surface area contributed by atoms with Crippen LogP contribution in [0.15, 0.2) is 59.1 Å². The fraction of sp³-hybridized carbons (Fsp3) is 0.393. The van der Waals surface area contributed by atoms with Crippen molar-refractivity contribution in [3.8, 4) is 17.1 Å². The maximum absolute atomic E-state index is 10.1. The Morgan fingerprint density at radius 3 is 2.69 bits per heavy atom. The molecule has 0 radical (unpaired) electrons. The summed E-state index contributed by atoms with van der Waals surface area (Å²) in [5.41, 5.74) is 5.84. The molecule has 7 heteroatoms. The highest BCUT2D eigenvalue weighted by Gasteiger charge is 2.45. The van der Waals surface area contributed by atoms with E-state index in [0.29, 0.717) is 0 Å². The van der Waals surface area contributed by atoms with E-state index in [2.05, 4.69) is 51.3 Å². The zero-order chi connectivity index (χ0) is 24.0. The fourth-order valence-corrected chi connectivity index (χ4v) is 6.10. The zero-order valence-electron chi connectivity index (χ0n) is 20.3. The second-order valence-corrected chi connectivity index (χ2v) is 9.92. The first-order valence-corrected chi connectivity index (χ1v) is 12.4. The molecule has 0 bridgehead atoms. The highest BCUT2D eigenvalue weighted by atomic mass is 16.5. The molecule has 1 spiro atoms. The van der Waals surface area contributed by atoms with Gasteiger partial charge in [0.25, 0.3) is 0 Å². The first-order valence-electron chi connectivity index (χ1n) is 12.4. The van der Waals surface area contributed by atoms with Crippen LogP contribution in [0.4, 0.5) is 0 Å². The maximum atomic E-state index is 10.1. The summed E-state index contributed by atoms with van der Waals surface area (Å²) < 4.78 is 13.4. The van der Waals surface area contributed by atoms with Crippen molar-refractivity contribution in [3.05, 3.63) is 71.5 Å². The van der Waals surface area contributed by atoms with E-state index in [1.165, 1.54) is 16.6 Å². The number of piperidine rings is 1. The van der Waals surface area contributed by atoms with E-state index in [1.54, 1.807) is 7.11 Å². The van der Waals surface area contributed by atoms with E-state index in [-0.39, 0.29) is 18.1 Å². The van der Waals surface area contributed by atoms with Crippen molar-refractivity contribution < 1.29 is 14.4 Å². The summed E-state index contributed by atoms with van der Waals surface area (Å²) >= 11 is 0. The monoisotopic (exact) mass is 472 g/mol. The molecule has 2 aromatic carbocycles. The number of aromatic nitrogens is 2. The quantitative estimate of drug-likeness (QED) is 0.457. The summed E-state index contributed by atoms with van der Waals surface area (Å²) in [6.45, 7) is 3.74. The number of aliphatic hydroxyl groups excluding tert-OH is 1. The van der Waals surface area contributed by atoms with Crippen LogP contribution in [0.5, 0.6) is 5.75 Å². The summed E-state index contributed by atoms with van der Waals surface area (Å²) in [4.78, 5) is 2.48. The van der Waals surface area contributed by atoms with E-state index >= 15 is 0 Å². The molecule has 6 rings (SSSR count). The molecule has 1 saturated heterocycles. The van der Waals surface area contributed by atoms with Crippen LogP contribution in [0.2, 0.25) is 0 Å². The Morgan fingerprint density at radius 2 is 1.94 bits per heavy atom. The molecule has 0 saturated carbocycles. The van der Waals surface area contributed by atoms with Crippen molar-refractivity contribution in [2.45, 2.75) is 30.8 Å². The Labute approximate surface area is 205 Å². The van der Waals surface area contributed by atoms with E-state index in [0.717, 1.165) is 67.3 Å². The standard InChI is InChI=1S/C28H32N4O3/c1-31-24-15-21(34-2)8-9-22(24)26-27(31)23(17-33)29-18-28(26)10-12-32(13-11-28)16-20-14-25(35-30-20)19-6-4-3-5-7-19/h3-9,14-15,23,29,33H,10-13,16-18H2,1-2H3/t23-/m1/s1. The number of fused-ring (bicyclic) bond motifs is 4. The van der Waals surface area contributed by atoms with Gasteiger partial charge in [0.15, 0.2) is 5.76 Å². The van der Waals surface area contributed by atoms with Gasteiger partial charge in [-0.1, -0.05) is 35.5 Å². The third kappa shape index (κ3) is 3.75. The van der Waals surface area contributed by atoms with Gasteiger partial charge in [-0.3, -0.25) is 4.90 Å². The topological polar surface area (TPSA) is 75.7 Å². The Morgan fingerprint density at radius 1 is 1.14 bits per heavy atom. The van der Waals surface area contributed by atoms with Gasteiger partial charge in [0.05, 0.1) is 31.0 Å². The van der Waals surface area contributed by atoms with Crippen LogP contribution in [0, 0.1) is 0 Å². The summed E-state index contributed by atoms with van der Waals surface area (Å²) in [6.07, 6.45) is 2.11. The van der Waals surface area contributed by atoms with Crippen LogP contribution in [0.3, 0.4) is 0 Å². The molecule has 0 unspecified atom stereocenters. The molecule has 1 fully saturated rings. The molecule has 4 aromatic rings. The van der Waals surface area contributed by atoms with Crippen molar-refractivity contribution in [2.24, 2.45) is 7.05 Å². The van der Waals surface area contributed by atoms with Crippen molar-refractivity contribution in [3.63, 3.8) is 0 Å². The number of hydrogen-bond donors (Lipinski definition) is 2. The average Bonchev–Trinajstić information content (AvgIpc) is 3.49. The maximum Gasteiger partial charge on any atom is 0.167 e. The molecule has 4 heterocycles. The largest absolute Gasteiger partial charge is 0.497 e. The van der Waals surface area contributed by atoms with Crippen LogP contribution in [0.1, 0.15) is 35.8 Å². The summed E-state index contributed by atoms with van der Waals surface area (Å²) in [5.74, 6) is 1.67. The molecule has 0 amide bonds. The van der Waals surface area contributed by atoms with Crippen molar-refractivity contribution in [1.82, 2.24) is 19.9 Å². The molecule has 35 heavy (non-hydrogen) atoms. The zero-order valence-corrected chi connectivity index (χ0v) is 20.3. The van der Waals surface area contributed by atoms with Gasteiger partial charge in [-0.2, -0.15) is 0 Å². The van der Waals surface area contributed by atoms with Crippen LogP contribution in [-0.4, -0.2) is 53.1 Å². The molecular formula is C28H32N4O3. The molecule has 1 atom stereocenters. The van der Waals surface area contributed by atoms with Gasteiger partial charge in [-0.05, 0) is 43.6 Å². The van der Waals surface area contributed by atoms with E-state index in [4.69, 9.17) is 9.26 Å². The Kier molecular flexibility index (Phi) is 5.63. The Hall–Kier alpha value is -3.13. The number of ether oxygens (including phenoxy) is 1. The second-order valence-electron chi connectivity index (χ2n) is 9.92. The first-order chi connectivity index (χ1) is 17.1. The van der Waals surface area contributed by atoms with Crippen molar-refractivity contribution in [2.75, 3.05) is 33.4 Å². The number of rotatable bonds is 5. The lowest BCUT2D eigenvalue weighted by Gasteiger charge is -2.46.